The molecule has 1 amide bonds. The number of rotatable bonds is 4. The van der Waals surface area contributed by atoms with Crippen molar-refractivity contribution in [2.45, 2.75) is 13.3 Å². The number of carbonyl (C=O) groups is 1. The molecule has 3 aromatic heterocycles. The average Bonchev–Trinajstić information content (AvgIpc) is 3.27. The quantitative estimate of drug-likeness (QED) is 0.513. The van der Waals surface area contributed by atoms with E-state index in [0.29, 0.717) is 16.8 Å². The van der Waals surface area contributed by atoms with Gasteiger partial charge in [-0.15, -0.1) is 0 Å². The predicted molar refractivity (Wildman–Crippen MR) is 104 cm³/mol. The van der Waals surface area contributed by atoms with Crippen LogP contribution in [0.1, 0.15) is 11.3 Å². The molecule has 29 heavy (non-hydrogen) atoms. The number of anilines is 1. The van der Waals surface area contributed by atoms with Gasteiger partial charge < -0.3 is 9.15 Å². The number of aromatic nitrogens is 5. The summed E-state index contributed by atoms with van der Waals surface area (Å²) < 4.78 is 13.1. The number of hydrogen-bond acceptors (Lipinski definition) is 7. The zero-order chi connectivity index (χ0) is 20.9. The fourth-order valence-electron chi connectivity index (χ4n) is 3.18. The molecule has 11 heteroatoms. The summed E-state index contributed by atoms with van der Waals surface area (Å²) in [7, 11) is 4.45. The number of ether oxygens (including phenoxy) is 1. The van der Waals surface area contributed by atoms with Gasteiger partial charge in [0, 0.05) is 20.2 Å². The number of fused-ring (bicyclic) bond motifs is 2. The van der Waals surface area contributed by atoms with Crippen LogP contribution in [0.5, 0.6) is 5.75 Å². The van der Waals surface area contributed by atoms with Crippen molar-refractivity contribution in [2.24, 2.45) is 14.1 Å². The van der Waals surface area contributed by atoms with Crippen molar-refractivity contribution in [3.05, 3.63) is 44.2 Å². The summed E-state index contributed by atoms with van der Waals surface area (Å²) in [5.41, 5.74) is 1.39. The molecule has 4 rings (SSSR count). The van der Waals surface area contributed by atoms with Crippen LogP contribution in [0.25, 0.3) is 22.1 Å². The lowest BCUT2D eigenvalue weighted by molar-refractivity contribution is -0.115. The van der Waals surface area contributed by atoms with E-state index in [4.69, 9.17) is 9.15 Å². The molecule has 0 atom stereocenters. The molecule has 0 saturated carbocycles. The Bertz CT molecular complexity index is 1390. The maximum atomic E-state index is 12.5. The first-order chi connectivity index (χ1) is 13.8. The Labute approximate surface area is 162 Å². The molecular weight excluding hydrogens is 380 g/mol. The zero-order valence-corrected chi connectivity index (χ0v) is 16.2. The van der Waals surface area contributed by atoms with E-state index in [-0.39, 0.29) is 29.2 Å². The van der Waals surface area contributed by atoms with Crippen molar-refractivity contribution in [1.82, 2.24) is 24.3 Å². The number of H-pyrrole nitrogens is 1. The smallest absolute Gasteiger partial charge is 0.332 e. The minimum Gasteiger partial charge on any atom is -0.496 e. The number of methoxy groups -OCH3 is 1. The lowest BCUT2D eigenvalue weighted by Gasteiger charge is -2.03. The van der Waals surface area contributed by atoms with Gasteiger partial charge in [-0.05, 0) is 18.6 Å². The first-order valence-corrected chi connectivity index (χ1v) is 8.68. The Balaban J connectivity index is 1.63. The topological polar surface area (TPSA) is 137 Å². The van der Waals surface area contributed by atoms with Crippen molar-refractivity contribution in [2.75, 3.05) is 12.4 Å². The summed E-state index contributed by atoms with van der Waals surface area (Å²) >= 11 is 0. The van der Waals surface area contributed by atoms with Crippen molar-refractivity contribution in [3.8, 4) is 5.75 Å². The minimum absolute atomic E-state index is 0.0257. The summed E-state index contributed by atoms with van der Waals surface area (Å²) in [6.45, 7) is 1.87. The zero-order valence-electron chi connectivity index (χ0n) is 16.2. The molecule has 0 spiro atoms. The van der Waals surface area contributed by atoms with Gasteiger partial charge in [0.05, 0.1) is 19.2 Å². The van der Waals surface area contributed by atoms with Crippen molar-refractivity contribution in [1.29, 1.82) is 0 Å². The summed E-state index contributed by atoms with van der Waals surface area (Å²) in [4.78, 5) is 41.2. The molecule has 3 heterocycles. The Morgan fingerprint density at radius 3 is 2.76 bits per heavy atom. The van der Waals surface area contributed by atoms with Gasteiger partial charge in [0.25, 0.3) is 5.56 Å². The van der Waals surface area contributed by atoms with Crippen LogP contribution in [0.4, 0.5) is 6.01 Å². The molecule has 0 radical (unpaired) electrons. The van der Waals surface area contributed by atoms with Crippen molar-refractivity contribution >= 4 is 34.1 Å². The maximum Gasteiger partial charge on any atom is 0.332 e. The molecule has 0 aliphatic rings. The van der Waals surface area contributed by atoms with Gasteiger partial charge in [-0.1, -0.05) is 0 Å². The van der Waals surface area contributed by atoms with Crippen LogP contribution in [0, 0.1) is 6.92 Å². The van der Waals surface area contributed by atoms with Gasteiger partial charge in [0.1, 0.15) is 22.3 Å². The van der Waals surface area contributed by atoms with E-state index in [9.17, 15) is 14.4 Å². The fourth-order valence-corrected chi connectivity index (χ4v) is 3.18. The van der Waals surface area contributed by atoms with Gasteiger partial charge >= 0.3 is 11.7 Å². The van der Waals surface area contributed by atoms with E-state index in [1.165, 1.54) is 18.7 Å². The summed E-state index contributed by atoms with van der Waals surface area (Å²) in [6, 6.07) is 3.51. The number of nitrogens with zero attached hydrogens (tertiary/aromatic N) is 4. The number of amides is 1. The molecule has 11 nitrogen and oxygen atoms in total. The molecule has 150 valence electrons. The Morgan fingerprint density at radius 1 is 1.28 bits per heavy atom. The monoisotopic (exact) mass is 398 g/mol. The average molecular weight is 398 g/mol. The molecule has 0 saturated heterocycles. The van der Waals surface area contributed by atoms with Gasteiger partial charge in [0.15, 0.2) is 5.58 Å². The summed E-state index contributed by atoms with van der Waals surface area (Å²) in [5.74, 6) is 0.192. The molecule has 0 aliphatic carbocycles. The second-order valence-corrected chi connectivity index (χ2v) is 6.63. The van der Waals surface area contributed by atoms with E-state index in [0.717, 1.165) is 10.1 Å². The van der Waals surface area contributed by atoms with Crippen molar-refractivity contribution < 1.29 is 13.9 Å². The highest BCUT2D eigenvalue weighted by Gasteiger charge is 2.19. The number of oxazole rings is 1. The fraction of sp³-hybridized carbons (Fsp3) is 0.278. The third-order valence-corrected chi connectivity index (χ3v) is 4.73. The van der Waals surface area contributed by atoms with Crippen LogP contribution in [-0.4, -0.2) is 37.3 Å². The molecule has 4 aromatic rings. The summed E-state index contributed by atoms with van der Waals surface area (Å²) in [5, 5.41) is 9.42. The lowest BCUT2D eigenvalue weighted by Crippen LogP contribution is -2.37. The normalized spacial score (nSPS) is 11.3. The molecule has 0 aliphatic heterocycles. The SMILES string of the molecule is COc1cc2nc(NC(=O)Cc3n[nH]c4c3c(=O)n(C)c(=O)n4C)oc2cc1C. The van der Waals surface area contributed by atoms with Crippen molar-refractivity contribution in [3.63, 3.8) is 0 Å². The molecule has 0 unspecified atom stereocenters. The molecule has 0 fully saturated rings. The van der Waals surface area contributed by atoms with Crippen LogP contribution < -0.4 is 21.3 Å². The summed E-state index contributed by atoms with van der Waals surface area (Å²) in [6.07, 6.45) is -0.200. The highest BCUT2D eigenvalue weighted by molar-refractivity contribution is 5.94. The largest absolute Gasteiger partial charge is 0.496 e. The number of benzene rings is 1. The second-order valence-electron chi connectivity index (χ2n) is 6.63. The van der Waals surface area contributed by atoms with E-state index >= 15 is 0 Å². The highest BCUT2D eigenvalue weighted by Crippen LogP contribution is 2.27. The Morgan fingerprint density at radius 2 is 2.03 bits per heavy atom. The van der Waals surface area contributed by atoms with Gasteiger partial charge in [-0.2, -0.15) is 10.1 Å². The lowest BCUT2D eigenvalue weighted by atomic mass is 10.2. The van der Waals surface area contributed by atoms with Crippen LogP contribution >= 0.6 is 0 Å². The van der Waals surface area contributed by atoms with Crippen LogP contribution in [0.2, 0.25) is 0 Å². The van der Waals surface area contributed by atoms with E-state index in [1.807, 2.05) is 6.92 Å². The number of aromatic amines is 1. The van der Waals surface area contributed by atoms with Gasteiger partial charge in [-0.25, -0.2) is 4.79 Å². The Hall–Kier alpha value is -3.89. The molecule has 0 bridgehead atoms. The predicted octanol–water partition coefficient (Wildman–Crippen LogP) is 0.600. The van der Waals surface area contributed by atoms with E-state index in [2.05, 4.69) is 20.5 Å². The number of aryl methyl sites for hydroxylation is 2. The maximum absolute atomic E-state index is 12.5. The van der Waals surface area contributed by atoms with Gasteiger partial charge in [-0.3, -0.25) is 29.1 Å². The number of nitrogens with one attached hydrogen (secondary N) is 2. The highest BCUT2D eigenvalue weighted by atomic mass is 16.5. The number of carbonyl (C=O) groups excluding carboxylic acids is 1. The third-order valence-electron chi connectivity index (χ3n) is 4.73. The molecule has 2 N–H and O–H groups in total. The van der Waals surface area contributed by atoms with E-state index < -0.39 is 17.2 Å². The van der Waals surface area contributed by atoms with Crippen LogP contribution in [0.3, 0.4) is 0 Å². The standard InChI is InChI=1S/C18H18N6O5/c1-8-5-12-9(6-11(8)28-4)19-17(29-12)20-13(25)7-10-14-15(22-21-10)23(2)18(27)24(3)16(14)26/h5-6H,7H2,1-4H3,(H,21,22)(H,19,20,25). The second kappa shape index (κ2) is 6.62. The number of hydrogen-bond donors (Lipinski definition) is 2. The minimum atomic E-state index is -0.524. The van der Waals surface area contributed by atoms with E-state index in [1.54, 1.807) is 19.2 Å². The molecule has 1 aromatic carbocycles. The molecular formula is C18H18N6O5. The first kappa shape index (κ1) is 18.5. The van der Waals surface area contributed by atoms with Crippen LogP contribution in [0.15, 0.2) is 26.1 Å². The Kier molecular flexibility index (Phi) is 4.22. The van der Waals surface area contributed by atoms with Crippen LogP contribution in [-0.2, 0) is 25.3 Å². The van der Waals surface area contributed by atoms with Gasteiger partial charge in [0.2, 0.25) is 5.91 Å². The first-order valence-electron chi connectivity index (χ1n) is 8.68. The third kappa shape index (κ3) is 2.96.